The molecule has 0 bridgehead atoms. The summed E-state index contributed by atoms with van der Waals surface area (Å²) in [7, 11) is -1.66. The normalized spacial score (nSPS) is 11.6. The lowest BCUT2D eigenvalue weighted by molar-refractivity contribution is -0.00000576. The number of hydrogen-bond donors (Lipinski definition) is 0. The van der Waals surface area contributed by atoms with Crippen LogP contribution in [0, 0.1) is 0 Å². The molecule has 0 spiro atoms. The Bertz CT molecular complexity index is 789. The molecule has 0 aliphatic heterocycles. The van der Waals surface area contributed by atoms with Gasteiger partial charge >= 0.3 is 0 Å². The summed E-state index contributed by atoms with van der Waals surface area (Å²) in [5.41, 5.74) is 0. The summed E-state index contributed by atoms with van der Waals surface area (Å²) in [6, 6.07) is 33.5. The lowest BCUT2D eigenvalue weighted by atomic mass is 10.2. The Morgan fingerprint density at radius 3 is 1.40 bits per heavy atom. The zero-order valence-electron chi connectivity index (χ0n) is 17.8. The number of unbranched alkanes of at least 4 members (excludes halogenated alkanes) is 2. The van der Waals surface area contributed by atoms with E-state index in [-0.39, 0.29) is 24.0 Å². The first-order valence-corrected chi connectivity index (χ1v) is 12.7. The zero-order valence-corrected chi connectivity index (χ0v) is 20.9. The van der Waals surface area contributed by atoms with Gasteiger partial charge in [0, 0.05) is 0 Å². The van der Waals surface area contributed by atoms with Crippen molar-refractivity contribution >= 4 is 23.2 Å². The molecule has 0 fully saturated rings. The fourth-order valence-electron chi connectivity index (χ4n) is 3.92. The third-order valence-electron chi connectivity index (χ3n) is 5.36. The molecule has 0 radical (unpaired) electrons. The van der Waals surface area contributed by atoms with Gasteiger partial charge < -0.3 is 24.0 Å². The summed E-state index contributed by atoms with van der Waals surface area (Å²) in [6.07, 6.45) is 14.9. The first-order valence-electron chi connectivity index (χ1n) is 10.7. The average Bonchev–Trinajstić information content (AvgIpc) is 2.80. The largest absolute Gasteiger partial charge is 1.00 e. The van der Waals surface area contributed by atoms with E-state index in [2.05, 4.69) is 122 Å². The summed E-state index contributed by atoms with van der Waals surface area (Å²) in [4.78, 5) is 0. The molecule has 0 saturated heterocycles. The van der Waals surface area contributed by atoms with Crippen molar-refractivity contribution in [2.75, 3.05) is 6.16 Å². The topological polar surface area (TPSA) is 0 Å². The Hall–Kier alpha value is -1.70. The quantitative estimate of drug-likeness (QED) is 0.164. The van der Waals surface area contributed by atoms with Crippen molar-refractivity contribution in [1.29, 1.82) is 0 Å². The summed E-state index contributed by atoms with van der Waals surface area (Å²) >= 11 is 0. The Morgan fingerprint density at radius 2 is 0.967 bits per heavy atom. The molecule has 0 atom stereocenters. The van der Waals surface area contributed by atoms with Gasteiger partial charge in [0.25, 0.3) is 0 Å². The van der Waals surface area contributed by atoms with E-state index in [0.717, 1.165) is 19.3 Å². The lowest BCUT2D eigenvalue weighted by Gasteiger charge is -2.27. The number of benzene rings is 3. The number of allylic oxidation sites excluding steroid dienone is 4. The van der Waals surface area contributed by atoms with Crippen molar-refractivity contribution in [2.24, 2.45) is 0 Å². The van der Waals surface area contributed by atoms with E-state index in [1.807, 2.05) is 0 Å². The van der Waals surface area contributed by atoms with E-state index in [1.54, 1.807) is 0 Å². The van der Waals surface area contributed by atoms with Crippen LogP contribution in [0.1, 0.15) is 32.6 Å². The Balaban J connectivity index is 0.00000320. The lowest BCUT2D eigenvalue weighted by Crippen LogP contribution is -3.00. The van der Waals surface area contributed by atoms with E-state index in [0.29, 0.717) is 0 Å². The number of hydrogen-bond acceptors (Lipinski definition) is 0. The molecule has 3 aromatic carbocycles. The van der Waals surface area contributed by atoms with Crippen LogP contribution in [0.3, 0.4) is 0 Å². The van der Waals surface area contributed by atoms with Gasteiger partial charge in [-0.25, -0.2) is 0 Å². The fourth-order valence-corrected chi connectivity index (χ4v) is 8.29. The van der Waals surface area contributed by atoms with Crippen LogP contribution in [0.15, 0.2) is 115 Å². The molecule has 0 amide bonds. The average molecular weight is 526 g/mol. The predicted molar refractivity (Wildman–Crippen MR) is 132 cm³/mol. The number of halogens is 1. The van der Waals surface area contributed by atoms with Gasteiger partial charge in [0.05, 0.1) is 6.16 Å². The van der Waals surface area contributed by atoms with Crippen molar-refractivity contribution < 1.29 is 24.0 Å². The van der Waals surface area contributed by atoms with Crippen LogP contribution in [0.25, 0.3) is 0 Å². The smallest absolute Gasteiger partial charge is 0.112 e. The SMILES string of the molecule is CC=CCCC=CCCC[P+](c1ccccc1)(c1ccccc1)c1ccccc1.[I-]. The van der Waals surface area contributed by atoms with E-state index >= 15 is 0 Å². The Labute approximate surface area is 200 Å². The first kappa shape index (κ1) is 24.6. The molecule has 0 N–H and O–H groups in total. The minimum atomic E-state index is -1.66. The second kappa shape index (κ2) is 13.6. The molecule has 156 valence electrons. The highest BCUT2D eigenvalue weighted by atomic mass is 127. The molecule has 0 nitrogen and oxygen atoms in total. The van der Waals surface area contributed by atoms with Gasteiger partial charge in [0.15, 0.2) is 0 Å². The van der Waals surface area contributed by atoms with E-state index < -0.39 is 7.26 Å². The van der Waals surface area contributed by atoms with E-state index in [9.17, 15) is 0 Å². The highest BCUT2D eigenvalue weighted by Crippen LogP contribution is 2.55. The fraction of sp³-hybridized carbons (Fsp3) is 0.214. The molecule has 0 aliphatic rings. The first-order chi connectivity index (χ1) is 14.4. The third kappa shape index (κ3) is 6.40. The van der Waals surface area contributed by atoms with Gasteiger partial charge in [-0.2, -0.15) is 0 Å². The molecule has 3 aromatic rings. The van der Waals surface area contributed by atoms with Crippen LogP contribution in [-0.4, -0.2) is 6.16 Å². The van der Waals surface area contributed by atoms with E-state index in [1.165, 1.54) is 28.5 Å². The van der Waals surface area contributed by atoms with Crippen LogP contribution in [-0.2, 0) is 0 Å². The van der Waals surface area contributed by atoms with Gasteiger partial charge in [-0.3, -0.25) is 0 Å². The van der Waals surface area contributed by atoms with Crippen LogP contribution >= 0.6 is 7.26 Å². The maximum Gasteiger partial charge on any atom is 0.112 e. The van der Waals surface area contributed by atoms with Crippen LogP contribution in [0.2, 0.25) is 0 Å². The molecule has 0 unspecified atom stereocenters. The molecule has 2 heteroatoms. The van der Waals surface area contributed by atoms with Crippen LogP contribution in [0.5, 0.6) is 0 Å². The van der Waals surface area contributed by atoms with Crippen molar-refractivity contribution in [2.45, 2.75) is 32.6 Å². The zero-order chi connectivity index (χ0) is 20.2. The molecule has 0 saturated carbocycles. The molecular formula is C28H32IP. The molecule has 3 rings (SSSR count). The van der Waals surface area contributed by atoms with Crippen LogP contribution < -0.4 is 39.9 Å². The highest BCUT2D eigenvalue weighted by molar-refractivity contribution is 7.95. The summed E-state index contributed by atoms with van der Waals surface area (Å²) in [5.74, 6) is 0. The van der Waals surface area contributed by atoms with Crippen LogP contribution in [0.4, 0.5) is 0 Å². The second-order valence-electron chi connectivity index (χ2n) is 7.30. The minimum absolute atomic E-state index is 0. The van der Waals surface area contributed by atoms with Crippen molar-refractivity contribution in [3.63, 3.8) is 0 Å². The summed E-state index contributed by atoms with van der Waals surface area (Å²) < 4.78 is 0. The molecule has 0 aromatic heterocycles. The standard InChI is InChI=1S/C28H32P.HI/c1-2-3-4-5-6-7-8-18-25-29(26-19-12-9-13-20-26,27-21-14-10-15-22-27)28-23-16-11-17-24-28;/h2-3,6-7,9-17,19-24H,4-5,8,18,25H2,1H3;1H/q+1;/p-1. The second-order valence-corrected chi connectivity index (χ2v) is 10.9. The maximum absolute atomic E-state index is 2.37. The summed E-state index contributed by atoms with van der Waals surface area (Å²) in [6.45, 7) is 2.09. The van der Waals surface area contributed by atoms with Gasteiger partial charge in [0.2, 0.25) is 0 Å². The number of rotatable bonds is 10. The van der Waals surface area contributed by atoms with Gasteiger partial charge in [-0.1, -0.05) is 78.9 Å². The van der Waals surface area contributed by atoms with Gasteiger partial charge in [0.1, 0.15) is 23.2 Å². The monoisotopic (exact) mass is 526 g/mol. The van der Waals surface area contributed by atoms with Crippen molar-refractivity contribution in [1.82, 2.24) is 0 Å². The van der Waals surface area contributed by atoms with E-state index in [4.69, 9.17) is 0 Å². The maximum atomic E-state index is 2.37. The Kier molecular flexibility index (Phi) is 11.1. The summed E-state index contributed by atoms with van der Waals surface area (Å²) in [5, 5.41) is 4.44. The molecule has 0 heterocycles. The third-order valence-corrected chi connectivity index (χ3v) is 9.88. The van der Waals surface area contributed by atoms with Crippen molar-refractivity contribution in [3.05, 3.63) is 115 Å². The molecule has 30 heavy (non-hydrogen) atoms. The molecule has 0 aliphatic carbocycles. The predicted octanol–water partition coefficient (Wildman–Crippen LogP) is 3.68. The highest BCUT2D eigenvalue weighted by Gasteiger charge is 2.44. The minimum Gasteiger partial charge on any atom is -1.00 e. The van der Waals surface area contributed by atoms with Gasteiger partial charge in [-0.15, -0.1) is 0 Å². The molecular weight excluding hydrogens is 494 g/mol. The Morgan fingerprint density at radius 1 is 0.567 bits per heavy atom. The van der Waals surface area contributed by atoms with Gasteiger partial charge in [-0.05, 0) is 69.0 Å². The van der Waals surface area contributed by atoms with Crippen molar-refractivity contribution in [3.8, 4) is 0 Å².